The van der Waals surface area contributed by atoms with Crippen molar-refractivity contribution in [2.24, 2.45) is 0 Å². The lowest BCUT2D eigenvalue weighted by Crippen LogP contribution is -2.53. The van der Waals surface area contributed by atoms with Crippen LogP contribution in [0.15, 0.2) is 72.8 Å². The van der Waals surface area contributed by atoms with E-state index in [0.717, 1.165) is 33.3 Å². The van der Waals surface area contributed by atoms with Crippen molar-refractivity contribution in [1.82, 2.24) is 10.2 Å². The number of fused-ring (bicyclic) bond motifs is 1. The average Bonchev–Trinajstić information content (AvgIpc) is 2.86. The molecule has 2 atom stereocenters. The van der Waals surface area contributed by atoms with Gasteiger partial charge in [-0.1, -0.05) is 80.6 Å². The fourth-order valence-corrected chi connectivity index (χ4v) is 5.02. The Kier molecular flexibility index (Phi) is 9.09. The first-order valence-corrected chi connectivity index (χ1v) is 14.1. The summed E-state index contributed by atoms with van der Waals surface area (Å²) >= 11 is 0. The highest BCUT2D eigenvalue weighted by Gasteiger charge is 2.32. The molecule has 0 aliphatic heterocycles. The van der Waals surface area contributed by atoms with Crippen LogP contribution < -0.4 is 9.62 Å². The van der Waals surface area contributed by atoms with E-state index >= 15 is 0 Å². The zero-order valence-electron chi connectivity index (χ0n) is 21.3. The molecule has 0 aromatic heterocycles. The normalized spacial score (nSPS) is 13.1. The smallest absolute Gasteiger partial charge is 0.244 e. The average molecular weight is 510 g/mol. The van der Waals surface area contributed by atoms with Crippen LogP contribution in [-0.2, 0) is 26.2 Å². The van der Waals surface area contributed by atoms with Crippen molar-refractivity contribution in [3.63, 3.8) is 0 Å². The van der Waals surface area contributed by atoms with E-state index in [1.807, 2.05) is 81.4 Å². The summed E-state index contributed by atoms with van der Waals surface area (Å²) in [5.74, 6) is -0.685. The van der Waals surface area contributed by atoms with Crippen LogP contribution in [-0.4, -0.2) is 50.0 Å². The molecule has 0 heterocycles. The van der Waals surface area contributed by atoms with Crippen LogP contribution in [0.1, 0.15) is 39.2 Å². The third kappa shape index (κ3) is 6.63. The SMILES string of the molecule is CC[C@@H](C)NC(=O)[C@H](CC)N(Cc1ccccc1)C(=O)CN(c1cccc2ccccc12)S(C)(=O)=O. The van der Waals surface area contributed by atoms with Crippen molar-refractivity contribution in [2.45, 2.75) is 52.2 Å². The summed E-state index contributed by atoms with van der Waals surface area (Å²) in [7, 11) is -3.80. The molecular formula is C28H35N3O4S. The first kappa shape index (κ1) is 27.2. The lowest BCUT2D eigenvalue weighted by molar-refractivity contribution is -0.140. The number of benzene rings is 3. The predicted molar refractivity (Wildman–Crippen MR) is 145 cm³/mol. The Morgan fingerprint density at radius 3 is 2.17 bits per heavy atom. The molecule has 0 unspecified atom stereocenters. The van der Waals surface area contributed by atoms with Crippen molar-refractivity contribution in [3.8, 4) is 0 Å². The highest BCUT2D eigenvalue weighted by molar-refractivity contribution is 7.92. The van der Waals surface area contributed by atoms with Crippen LogP contribution in [0.3, 0.4) is 0 Å². The van der Waals surface area contributed by atoms with Gasteiger partial charge in [-0.2, -0.15) is 0 Å². The molecule has 36 heavy (non-hydrogen) atoms. The van der Waals surface area contributed by atoms with E-state index in [-0.39, 0.29) is 18.5 Å². The molecule has 0 saturated carbocycles. The van der Waals surface area contributed by atoms with Gasteiger partial charge in [0.15, 0.2) is 0 Å². The van der Waals surface area contributed by atoms with Gasteiger partial charge in [0.25, 0.3) is 0 Å². The van der Waals surface area contributed by atoms with Gasteiger partial charge in [0.2, 0.25) is 21.8 Å². The molecule has 7 nitrogen and oxygen atoms in total. The summed E-state index contributed by atoms with van der Waals surface area (Å²) in [5.41, 5.74) is 1.29. The minimum Gasteiger partial charge on any atom is -0.352 e. The molecule has 0 aliphatic carbocycles. The standard InChI is InChI=1S/C28H35N3O4S/c1-5-21(3)29-28(33)25(6-2)30(19-22-13-8-7-9-14-22)27(32)20-31(36(4,34)35)26-18-12-16-23-15-10-11-17-24(23)26/h7-18,21,25H,5-6,19-20H2,1-4H3,(H,29,33)/t21-,25+/m1/s1. The van der Waals surface area contributed by atoms with Crippen molar-refractivity contribution in [1.29, 1.82) is 0 Å². The molecule has 0 fully saturated rings. The van der Waals surface area contributed by atoms with E-state index in [9.17, 15) is 18.0 Å². The Hall–Kier alpha value is -3.39. The number of sulfonamides is 1. The minimum atomic E-state index is -3.80. The molecule has 1 N–H and O–H groups in total. The number of nitrogens with one attached hydrogen (secondary N) is 1. The lowest BCUT2D eigenvalue weighted by atomic mass is 10.1. The number of carbonyl (C=O) groups excluding carboxylic acids is 2. The second kappa shape index (κ2) is 12.0. The van der Waals surface area contributed by atoms with Crippen LogP contribution >= 0.6 is 0 Å². The van der Waals surface area contributed by atoms with Crippen molar-refractivity contribution in [3.05, 3.63) is 78.4 Å². The lowest BCUT2D eigenvalue weighted by Gasteiger charge is -2.33. The highest BCUT2D eigenvalue weighted by Crippen LogP contribution is 2.28. The van der Waals surface area contributed by atoms with E-state index < -0.39 is 28.5 Å². The molecule has 192 valence electrons. The zero-order chi connectivity index (χ0) is 26.3. The van der Waals surface area contributed by atoms with Gasteiger partial charge in [0, 0.05) is 18.0 Å². The fourth-order valence-electron chi connectivity index (χ4n) is 4.16. The van der Waals surface area contributed by atoms with E-state index in [1.165, 1.54) is 4.90 Å². The number of carbonyl (C=O) groups is 2. The van der Waals surface area contributed by atoms with Gasteiger partial charge in [0.05, 0.1) is 11.9 Å². The second-order valence-corrected chi connectivity index (χ2v) is 10.9. The van der Waals surface area contributed by atoms with E-state index in [1.54, 1.807) is 12.1 Å². The fraction of sp³-hybridized carbons (Fsp3) is 0.357. The van der Waals surface area contributed by atoms with E-state index in [2.05, 4.69) is 5.32 Å². The number of nitrogens with zero attached hydrogens (tertiary/aromatic N) is 2. The number of anilines is 1. The van der Waals surface area contributed by atoms with Crippen LogP contribution in [0.25, 0.3) is 10.8 Å². The molecule has 3 aromatic rings. The van der Waals surface area contributed by atoms with Crippen LogP contribution in [0.5, 0.6) is 0 Å². The summed E-state index contributed by atoms with van der Waals surface area (Å²) < 4.78 is 27.0. The van der Waals surface area contributed by atoms with Gasteiger partial charge >= 0.3 is 0 Å². The Labute approximate surface area is 214 Å². The van der Waals surface area contributed by atoms with Crippen LogP contribution in [0, 0.1) is 0 Å². The quantitative estimate of drug-likeness (QED) is 0.417. The van der Waals surface area contributed by atoms with E-state index in [0.29, 0.717) is 12.1 Å². The zero-order valence-corrected chi connectivity index (χ0v) is 22.2. The molecule has 2 amide bonds. The van der Waals surface area contributed by atoms with Crippen LogP contribution in [0.4, 0.5) is 5.69 Å². The minimum absolute atomic E-state index is 0.0385. The number of rotatable bonds is 11. The molecule has 0 aliphatic rings. The van der Waals surface area contributed by atoms with Gasteiger partial charge < -0.3 is 10.2 Å². The van der Waals surface area contributed by atoms with Gasteiger partial charge in [-0.25, -0.2) is 8.42 Å². The van der Waals surface area contributed by atoms with Crippen LogP contribution in [0.2, 0.25) is 0 Å². The number of hydrogen-bond acceptors (Lipinski definition) is 4. The summed E-state index contributed by atoms with van der Waals surface area (Å²) in [6, 6.07) is 21.5. The van der Waals surface area contributed by atoms with Gasteiger partial charge in [-0.05, 0) is 36.8 Å². The molecule has 0 bridgehead atoms. The first-order chi connectivity index (χ1) is 17.2. The monoisotopic (exact) mass is 509 g/mol. The molecule has 0 radical (unpaired) electrons. The third-order valence-corrected chi connectivity index (χ3v) is 7.42. The molecule has 0 spiro atoms. The molecule has 3 rings (SSSR count). The summed E-state index contributed by atoms with van der Waals surface area (Å²) in [5, 5.41) is 4.58. The molecule has 3 aromatic carbocycles. The Balaban J connectivity index is 2.01. The Morgan fingerprint density at radius 2 is 1.53 bits per heavy atom. The maximum Gasteiger partial charge on any atom is 0.244 e. The largest absolute Gasteiger partial charge is 0.352 e. The summed E-state index contributed by atoms with van der Waals surface area (Å²) in [4.78, 5) is 28.5. The molecular weight excluding hydrogens is 474 g/mol. The second-order valence-electron chi connectivity index (χ2n) is 9.02. The highest BCUT2D eigenvalue weighted by atomic mass is 32.2. The van der Waals surface area contributed by atoms with Crippen molar-refractivity contribution >= 4 is 38.3 Å². The number of hydrogen-bond donors (Lipinski definition) is 1. The topological polar surface area (TPSA) is 86.8 Å². The van der Waals surface area contributed by atoms with Crippen molar-refractivity contribution < 1.29 is 18.0 Å². The summed E-state index contributed by atoms with van der Waals surface area (Å²) in [6.07, 6.45) is 2.25. The Bertz CT molecular complexity index is 1290. The predicted octanol–water partition coefficient (Wildman–Crippen LogP) is 4.33. The molecule has 8 heteroatoms. The maximum absolute atomic E-state index is 13.8. The number of amides is 2. The van der Waals surface area contributed by atoms with E-state index in [4.69, 9.17) is 0 Å². The molecule has 0 saturated heterocycles. The Morgan fingerprint density at radius 1 is 0.889 bits per heavy atom. The van der Waals surface area contributed by atoms with Gasteiger partial charge in [0.1, 0.15) is 12.6 Å². The van der Waals surface area contributed by atoms with Gasteiger partial charge in [-0.3, -0.25) is 13.9 Å². The first-order valence-electron chi connectivity index (χ1n) is 12.2. The van der Waals surface area contributed by atoms with Crippen molar-refractivity contribution in [2.75, 3.05) is 17.1 Å². The summed E-state index contributed by atoms with van der Waals surface area (Å²) in [6.45, 7) is 5.53. The van der Waals surface area contributed by atoms with Gasteiger partial charge in [-0.15, -0.1) is 0 Å². The maximum atomic E-state index is 13.8. The third-order valence-electron chi connectivity index (χ3n) is 6.30.